The van der Waals surface area contributed by atoms with Crippen molar-refractivity contribution in [2.75, 3.05) is 26.2 Å². The van der Waals surface area contributed by atoms with Crippen molar-refractivity contribution in [3.05, 3.63) is 52.2 Å². The minimum Gasteiger partial charge on any atom is -0.484 e. The first-order valence-corrected chi connectivity index (χ1v) is 9.84. The van der Waals surface area contributed by atoms with E-state index >= 15 is 0 Å². The lowest BCUT2D eigenvalue weighted by atomic mass is 10.1. The van der Waals surface area contributed by atoms with Crippen LogP contribution in [0.5, 0.6) is 5.75 Å². The summed E-state index contributed by atoms with van der Waals surface area (Å²) in [5.41, 5.74) is 1.18. The monoisotopic (exact) mass is 358 g/mol. The van der Waals surface area contributed by atoms with E-state index in [0.29, 0.717) is 6.54 Å². The summed E-state index contributed by atoms with van der Waals surface area (Å²) in [6.07, 6.45) is 3.79. The molecule has 0 aliphatic carbocycles. The summed E-state index contributed by atoms with van der Waals surface area (Å²) in [7, 11) is 0. The molecule has 1 amide bonds. The number of benzene rings is 1. The zero-order chi connectivity index (χ0) is 17.5. The minimum absolute atomic E-state index is 0.0558. The lowest BCUT2D eigenvalue weighted by Gasteiger charge is -2.34. The van der Waals surface area contributed by atoms with Crippen LogP contribution in [0.25, 0.3) is 0 Å². The lowest BCUT2D eigenvalue weighted by molar-refractivity contribution is -0.123. The Balaban J connectivity index is 1.51. The van der Waals surface area contributed by atoms with Crippen LogP contribution in [0, 0.1) is 6.92 Å². The predicted molar refractivity (Wildman–Crippen MR) is 102 cm³/mol. The fourth-order valence-electron chi connectivity index (χ4n) is 3.17. The Hall–Kier alpha value is -1.85. The maximum Gasteiger partial charge on any atom is 0.258 e. The second kappa shape index (κ2) is 9.02. The van der Waals surface area contributed by atoms with Gasteiger partial charge in [-0.1, -0.05) is 30.2 Å². The van der Waals surface area contributed by atoms with Gasteiger partial charge in [0.15, 0.2) is 6.61 Å². The molecule has 25 heavy (non-hydrogen) atoms. The highest BCUT2D eigenvalue weighted by Gasteiger charge is 2.23. The summed E-state index contributed by atoms with van der Waals surface area (Å²) >= 11 is 1.76. The molecular weight excluding hydrogens is 332 g/mol. The fraction of sp³-hybridized carbons (Fsp3) is 0.450. The SMILES string of the molecule is Cc1ccc(OCC(=O)NC[C@@H](c2cccs2)N2CCCCC2)cc1. The number of rotatable bonds is 7. The molecule has 0 saturated carbocycles. The van der Waals surface area contributed by atoms with Crippen molar-refractivity contribution in [3.63, 3.8) is 0 Å². The van der Waals surface area contributed by atoms with Gasteiger partial charge in [-0.3, -0.25) is 9.69 Å². The molecule has 0 radical (unpaired) electrons. The van der Waals surface area contributed by atoms with Crippen LogP contribution < -0.4 is 10.1 Å². The standard InChI is InChI=1S/C20H26N2O2S/c1-16-7-9-17(10-8-16)24-15-20(23)21-14-18(19-6-5-13-25-19)22-11-3-2-4-12-22/h5-10,13,18H,2-4,11-12,14-15H2,1H3,(H,21,23)/t18-/m0/s1. The van der Waals surface area contributed by atoms with Crippen molar-refractivity contribution in [2.45, 2.75) is 32.2 Å². The number of hydrogen-bond acceptors (Lipinski definition) is 4. The minimum atomic E-state index is -0.0702. The van der Waals surface area contributed by atoms with Crippen LogP contribution in [-0.2, 0) is 4.79 Å². The van der Waals surface area contributed by atoms with Crippen LogP contribution in [0.3, 0.4) is 0 Å². The first-order chi connectivity index (χ1) is 12.2. The van der Waals surface area contributed by atoms with Gasteiger partial charge in [0.1, 0.15) is 5.75 Å². The molecule has 2 heterocycles. The molecule has 2 aromatic rings. The molecule has 1 N–H and O–H groups in total. The third-order valence-corrected chi connectivity index (χ3v) is 5.56. The van der Waals surface area contributed by atoms with Crippen LogP contribution in [0.2, 0.25) is 0 Å². The van der Waals surface area contributed by atoms with Crippen molar-refractivity contribution in [3.8, 4) is 5.75 Å². The van der Waals surface area contributed by atoms with E-state index in [1.54, 1.807) is 11.3 Å². The van der Waals surface area contributed by atoms with E-state index in [-0.39, 0.29) is 18.6 Å². The molecule has 1 aliphatic heterocycles. The van der Waals surface area contributed by atoms with Gasteiger partial charge >= 0.3 is 0 Å². The molecule has 0 spiro atoms. The van der Waals surface area contributed by atoms with Crippen LogP contribution >= 0.6 is 11.3 Å². The quantitative estimate of drug-likeness (QED) is 0.819. The van der Waals surface area contributed by atoms with Gasteiger partial charge in [0.05, 0.1) is 6.04 Å². The number of ether oxygens (including phenoxy) is 1. The molecule has 1 atom stereocenters. The average Bonchev–Trinajstić information content (AvgIpc) is 3.17. The van der Waals surface area contributed by atoms with Crippen LogP contribution in [0.1, 0.15) is 35.7 Å². The second-order valence-corrected chi connectivity index (χ2v) is 7.51. The van der Waals surface area contributed by atoms with E-state index < -0.39 is 0 Å². The van der Waals surface area contributed by atoms with Crippen LogP contribution in [0.15, 0.2) is 41.8 Å². The lowest BCUT2D eigenvalue weighted by Crippen LogP contribution is -2.41. The largest absolute Gasteiger partial charge is 0.484 e. The van der Waals surface area contributed by atoms with Gasteiger partial charge in [0.2, 0.25) is 0 Å². The molecule has 1 saturated heterocycles. The summed E-state index contributed by atoms with van der Waals surface area (Å²) in [4.78, 5) is 16.0. The van der Waals surface area contributed by atoms with Crippen LogP contribution in [-0.4, -0.2) is 37.0 Å². The van der Waals surface area contributed by atoms with Gasteiger partial charge in [-0.15, -0.1) is 11.3 Å². The maximum atomic E-state index is 12.2. The van der Waals surface area contributed by atoms with E-state index in [4.69, 9.17) is 4.74 Å². The molecule has 5 heteroatoms. The highest BCUT2D eigenvalue weighted by atomic mass is 32.1. The fourth-order valence-corrected chi connectivity index (χ4v) is 4.03. The first kappa shape index (κ1) is 18.0. The van der Waals surface area contributed by atoms with Crippen molar-refractivity contribution in [1.82, 2.24) is 10.2 Å². The average molecular weight is 359 g/mol. The number of likely N-dealkylation sites (tertiary alicyclic amines) is 1. The van der Waals surface area contributed by atoms with E-state index in [9.17, 15) is 4.79 Å². The number of thiophene rings is 1. The van der Waals surface area contributed by atoms with E-state index in [2.05, 4.69) is 27.7 Å². The molecule has 4 nitrogen and oxygen atoms in total. The van der Waals surface area contributed by atoms with Crippen molar-refractivity contribution >= 4 is 17.2 Å². The Kier molecular flexibility index (Phi) is 6.48. The van der Waals surface area contributed by atoms with E-state index in [0.717, 1.165) is 18.8 Å². The van der Waals surface area contributed by atoms with Gasteiger partial charge < -0.3 is 10.1 Å². The van der Waals surface area contributed by atoms with Crippen LogP contribution in [0.4, 0.5) is 0 Å². The molecule has 1 aromatic heterocycles. The maximum absolute atomic E-state index is 12.2. The third-order valence-electron chi connectivity index (χ3n) is 4.59. The van der Waals surface area contributed by atoms with Gasteiger partial charge in [-0.25, -0.2) is 0 Å². The van der Waals surface area contributed by atoms with Gasteiger partial charge in [0, 0.05) is 11.4 Å². The summed E-state index contributed by atoms with van der Waals surface area (Å²) < 4.78 is 5.57. The van der Waals surface area contributed by atoms with Crippen molar-refractivity contribution < 1.29 is 9.53 Å². The molecule has 1 aliphatic rings. The highest BCUT2D eigenvalue weighted by molar-refractivity contribution is 7.10. The molecule has 3 rings (SSSR count). The smallest absolute Gasteiger partial charge is 0.258 e. The third kappa shape index (κ3) is 5.31. The Bertz CT molecular complexity index is 649. The Morgan fingerprint density at radius 1 is 1.20 bits per heavy atom. The normalized spacial score (nSPS) is 16.4. The molecular formula is C20H26N2O2S. The number of piperidine rings is 1. The molecule has 0 bridgehead atoms. The number of carbonyl (C=O) groups is 1. The second-order valence-electron chi connectivity index (χ2n) is 6.53. The van der Waals surface area contributed by atoms with Crippen molar-refractivity contribution in [1.29, 1.82) is 0 Å². The molecule has 1 aromatic carbocycles. The number of amides is 1. The first-order valence-electron chi connectivity index (χ1n) is 8.96. The zero-order valence-electron chi connectivity index (χ0n) is 14.7. The molecule has 1 fully saturated rings. The summed E-state index contributed by atoms with van der Waals surface area (Å²) in [6, 6.07) is 12.3. The molecule has 134 valence electrons. The van der Waals surface area contributed by atoms with Crippen molar-refractivity contribution in [2.24, 2.45) is 0 Å². The predicted octanol–water partition coefficient (Wildman–Crippen LogP) is 3.78. The molecule has 0 unspecified atom stereocenters. The number of nitrogens with one attached hydrogen (secondary N) is 1. The van der Waals surface area contributed by atoms with Gasteiger partial charge in [-0.05, 0) is 56.4 Å². The van der Waals surface area contributed by atoms with E-state index in [1.807, 2.05) is 31.2 Å². The van der Waals surface area contributed by atoms with Gasteiger partial charge in [-0.2, -0.15) is 0 Å². The summed E-state index contributed by atoms with van der Waals surface area (Å²) in [5, 5.41) is 5.16. The number of hydrogen-bond donors (Lipinski definition) is 1. The number of carbonyl (C=O) groups excluding carboxylic acids is 1. The van der Waals surface area contributed by atoms with Gasteiger partial charge in [0.25, 0.3) is 5.91 Å². The summed E-state index contributed by atoms with van der Waals surface area (Å²) in [5.74, 6) is 0.658. The zero-order valence-corrected chi connectivity index (χ0v) is 15.6. The Labute approximate surface area is 153 Å². The topological polar surface area (TPSA) is 41.6 Å². The Morgan fingerprint density at radius 3 is 2.64 bits per heavy atom. The highest BCUT2D eigenvalue weighted by Crippen LogP contribution is 2.27. The number of aryl methyl sites for hydroxylation is 1. The Morgan fingerprint density at radius 2 is 1.96 bits per heavy atom. The van der Waals surface area contributed by atoms with E-state index in [1.165, 1.54) is 29.7 Å². The number of nitrogens with zero attached hydrogens (tertiary/aromatic N) is 1. The summed E-state index contributed by atoms with van der Waals surface area (Å²) in [6.45, 7) is 4.94.